The fourth-order valence-corrected chi connectivity index (χ4v) is 2.42. The highest BCUT2D eigenvalue weighted by molar-refractivity contribution is 6.34. The predicted octanol–water partition coefficient (Wildman–Crippen LogP) is 4.18. The second-order valence-electron chi connectivity index (χ2n) is 4.16. The van der Waals surface area contributed by atoms with E-state index in [9.17, 15) is 0 Å². The quantitative estimate of drug-likeness (QED) is 0.771. The highest BCUT2D eigenvalue weighted by Crippen LogP contribution is 2.32. The average Bonchev–Trinajstić information content (AvgIpc) is 2.84. The first kappa shape index (κ1) is 12.5. The summed E-state index contributed by atoms with van der Waals surface area (Å²) in [5.41, 5.74) is 7.36. The lowest BCUT2D eigenvalue weighted by Crippen LogP contribution is -2.13. The Hall–Kier alpha value is -1.55. The highest BCUT2D eigenvalue weighted by Gasteiger charge is 2.18. The van der Waals surface area contributed by atoms with Crippen molar-refractivity contribution in [2.75, 3.05) is 0 Å². The third kappa shape index (κ3) is 2.21. The zero-order valence-electron chi connectivity index (χ0n) is 9.81. The first-order valence-corrected chi connectivity index (χ1v) is 6.46. The summed E-state index contributed by atoms with van der Waals surface area (Å²) < 4.78 is 5.71. The lowest BCUT2D eigenvalue weighted by molar-refractivity contribution is 0.521. The molecule has 2 aromatic heterocycles. The molecule has 0 saturated heterocycles. The van der Waals surface area contributed by atoms with Crippen molar-refractivity contribution in [3.05, 3.63) is 64.1 Å². The Bertz CT molecular complexity index is 739. The number of halogens is 2. The van der Waals surface area contributed by atoms with Gasteiger partial charge in [-0.2, -0.15) is 0 Å². The Labute approximate surface area is 119 Å². The molecule has 0 amide bonds. The highest BCUT2D eigenvalue weighted by atomic mass is 35.5. The maximum atomic E-state index is 6.15. The largest absolute Gasteiger partial charge is 0.457 e. The molecule has 0 bridgehead atoms. The Balaban J connectivity index is 2.10. The third-order valence-electron chi connectivity index (χ3n) is 2.90. The van der Waals surface area contributed by atoms with Crippen molar-refractivity contribution >= 4 is 34.2 Å². The van der Waals surface area contributed by atoms with E-state index in [1.165, 1.54) is 0 Å². The van der Waals surface area contributed by atoms with Crippen LogP contribution >= 0.6 is 23.2 Å². The molecule has 5 heteroatoms. The number of pyridine rings is 1. The summed E-state index contributed by atoms with van der Waals surface area (Å²) in [6.45, 7) is 0. The molecule has 3 rings (SSSR count). The van der Waals surface area contributed by atoms with E-state index in [1.807, 2.05) is 18.2 Å². The average molecular weight is 293 g/mol. The number of benzene rings is 1. The van der Waals surface area contributed by atoms with E-state index in [-0.39, 0.29) is 0 Å². The Morgan fingerprint density at radius 3 is 2.63 bits per heavy atom. The van der Waals surface area contributed by atoms with E-state index in [2.05, 4.69) is 4.98 Å². The topological polar surface area (TPSA) is 52.0 Å². The van der Waals surface area contributed by atoms with Gasteiger partial charge >= 0.3 is 0 Å². The fraction of sp³-hybridized carbons (Fsp3) is 0.0714. The first-order chi connectivity index (χ1) is 9.16. The molecule has 1 unspecified atom stereocenters. The Kier molecular flexibility index (Phi) is 3.19. The summed E-state index contributed by atoms with van der Waals surface area (Å²) >= 11 is 12.2. The molecular formula is C14H10Cl2N2O. The predicted molar refractivity (Wildman–Crippen MR) is 76.5 cm³/mol. The van der Waals surface area contributed by atoms with Crippen LogP contribution in [-0.4, -0.2) is 4.98 Å². The standard InChI is InChI=1S/C14H10Cl2N2O/c15-9-5-2-6-18-13(9)12(17)11-7-8-3-1-4-10(16)14(8)19-11/h1-7,12H,17H2. The van der Waals surface area contributed by atoms with Crippen LogP contribution in [-0.2, 0) is 0 Å². The summed E-state index contributed by atoms with van der Waals surface area (Å²) in [4.78, 5) is 4.20. The Morgan fingerprint density at radius 2 is 1.89 bits per heavy atom. The number of aromatic nitrogens is 1. The molecule has 0 saturated carbocycles. The minimum atomic E-state index is -0.517. The van der Waals surface area contributed by atoms with Crippen molar-refractivity contribution in [3.63, 3.8) is 0 Å². The van der Waals surface area contributed by atoms with Crippen LogP contribution in [0.15, 0.2) is 47.0 Å². The number of furan rings is 1. The molecular weight excluding hydrogens is 283 g/mol. The number of hydrogen-bond acceptors (Lipinski definition) is 3. The van der Waals surface area contributed by atoms with E-state index < -0.39 is 6.04 Å². The molecule has 19 heavy (non-hydrogen) atoms. The van der Waals surface area contributed by atoms with Crippen LogP contribution in [0.5, 0.6) is 0 Å². The molecule has 0 aliphatic carbocycles. The van der Waals surface area contributed by atoms with Crippen molar-refractivity contribution < 1.29 is 4.42 Å². The van der Waals surface area contributed by atoms with Gasteiger partial charge in [-0.3, -0.25) is 4.98 Å². The summed E-state index contributed by atoms with van der Waals surface area (Å²) in [5.74, 6) is 0.587. The lowest BCUT2D eigenvalue weighted by atomic mass is 10.1. The van der Waals surface area contributed by atoms with Gasteiger partial charge in [0.05, 0.1) is 15.7 Å². The molecule has 0 spiro atoms. The zero-order chi connectivity index (χ0) is 13.4. The summed E-state index contributed by atoms with van der Waals surface area (Å²) in [5, 5.41) is 1.98. The molecule has 0 fully saturated rings. The van der Waals surface area contributed by atoms with Crippen molar-refractivity contribution in [3.8, 4) is 0 Å². The Morgan fingerprint density at radius 1 is 1.11 bits per heavy atom. The SMILES string of the molecule is NC(c1cc2cccc(Cl)c2o1)c1ncccc1Cl. The number of fused-ring (bicyclic) bond motifs is 1. The first-order valence-electron chi connectivity index (χ1n) is 5.71. The van der Waals surface area contributed by atoms with Gasteiger partial charge in [-0.05, 0) is 24.3 Å². The number of nitrogens with zero attached hydrogens (tertiary/aromatic N) is 1. The normalized spacial score (nSPS) is 12.8. The van der Waals surface area contributed by atoms with Crippen molar-refractivity contribution in [1.29, 1.82) is 0 Å². The van der Waals surface area contributed by atoms with Crippen LogP contribution in [0.4, 0.5) is 0 Å². The molecule has 0 radical (unpaired) electrons. The van der Waals surface area contributed by atoms with Gasteiger partial charge in [-0.1, -0.05) is 35.3 Å². The minimum Gasteiger partial charge on any atom is -0.457 e. The maximum Gasteiger partial charge on any atom is 0.152 e. The zero-order valence-corrected chi connectivity index (χ0v) is 11.3. The number of hydrogen-bond donors (Lipinski definition) is 1. The van der Waals surface area contributed by atoms with Crippen LogP contribution in [0.3, 0.4) is 0 Å². The number of nitrogens with two attached hydrogens (primary N) is 1. The number of rotatable bonds is 2. The van der Waals surface area contributed by atoms with Crippen LogP contribution < -0.4 is 5.73 Å². The van der Waals surface area contributed by atoms with Crippen molar-refractivity contribution in [1.82, 2.24) is 4.98 Å². The monoisotopic (exact) mass is 292 g/mol. The van der Waals surface area contributed by atoms with Crippen molar-refractivity contribution in [2.45, 2.75) is 6.04 Å². The van der Waals surface area contributed by atoms with Crippen LogP contribution in [0.25, 0.3) is 11.0 Å². The van der Waals surface area contributed by atoms with E-state index in [4.69, 9.17) is 33.4 Å². The van der Waals surface area contributed by atoms with Crippen LogP contribution in [0.1, 0.15) is 17.5 Å². The molecule has 2 heterocycles. The van der Waals surface area contributed by atoms with E-state index in [0.29, 0.717) is 27.1 Å². The molecule has 1 aromatic carbocycles. The second-order valence-corrected chi connectivity index (χ2v) is 4.97. The van der Waals surface area contributed by atoms with Crippen LogP contribution in [0.2, 0.25) is 10.0 Å². The third-order valence-corrected chi connectivity index (χ3v) is 3.52. The summed E-state index contributed by atoms with van der Waals surface area (Å²) in [6.07, 6.45) is 1.65. The van der Waals surface area contributed by atoms with Crippen LogP contribution in [0, 0.1) is 0 Å². The maximum absolute atomic E-state index is 6.15. The molecule has 1 atom stereocenters. The van der Waals surface area contributed by atoms with Gasteiger partial charge in [0.15, 0.2) is 5.58 Å². The summed E-state index contributed by atoms with van der Waals surface area (Å²) in [7, 11) is 0. The molecule has 96 valence electrons. The molecule has 3 aromatic rings. The van der Waals surface area contributed by atoms with Crippen molar-refractivity contribution in [2.24, 2.45) is 5.73 Å². The molecule has 2 N–H and O–H groups in total. The van der Waals surface area contributed by atoms with Gasteiger partial charge in [-0.25, -0.2) is 0 Å². The number of para-hydroxylation sites is 1. The molecule has 3 nitrogen and oxygen atoms in total. The molecule has 0 aliphatic rings. The van der Waals surface area contributed by atoms with Gasteiger partial charge in [0.25, 0.3) is 0 Å². The van der Waals surface area contributed by atoms with Gasteiger partial charge in [0.2, 0.25) is 0 Å². The second kappa shape index (κ2) is 4.85. The van der Waals surface area contributed by atoms with E-state index >= 15 is 0 Å². The van der Waals surface area contributed by atoms with E-state index in [0.717, 1.165) is 5.39 Å². The van der Waals surface area contributed by atoms with E-state index in [1.54, 1.807) is 24.4 Å². The lowest BCUT2D eigenvalue weighted by Gasteiger charge is -2.09. The van der Waals surface area contributed by atoms with Gasteiger partial charge in [0, 0.05) is 11.6 Å². The smallest absolute Gasteiger partial charge is 0.152 e. The van der Waals surface area contributed by atoms with Gasteiger partial charge < -0.3 is 10.2 Å². The minimum absolute atomic E-state index is 0.515. The van der Waals surface area contributed by atoms with Gasteiger partial charge in [-0.15, -0.1) is 0 Å². The summed E-state index contributed by atoms with van der Waals surface area (Å²) in [6, 6.07) is 10.4. The fourth-order valence-electron chi connectivity index (χ4n) is 1.96. The molecule has 0 aliphatic heterocycles. The van der Waals surface area contributed by atoms with Gasteiger partial charge in [0.1, 0.15) is 11.8 Å².